The molecule has 0 spiro atoms. The van der Waals surface area contributed by atoms with Gasteiger partial charge in [0.25, 0.3) is 0 Å². The van der Waals surface area contributed by atoms with Crippen LogP contribution in [-0.2, 0) is 9.59 Å². The summed E-state index contributed by atoms with van der Waals surface area (Å²) < 4.78 is 0. The van der Waals surface area contributed by atoms with E-state index in [0.29, 0.717) is 6.42 Å². The Hall–Kier alpha value is -0.463. The molecule has 0 unspecified atom stereocenters. The van der Waals surface area contributed by atoms with Crippen molar-refractivity contribution >= 4 is 11.9 Å². The molecule has 0 saturated carbocycles. The van der Waals surface area contributed by atoms with Crippen LogP contribution in [0.4, 0.5) is 0 Å². The minimum Gasteiger partial charge on any atom is -1.00 e. The predicted octanol–water partition coefficient (Wildman–Crippen LogP) is -0.505. The molecular formula is C11H21LiO4. The summed E-state index contributed by atoms with van der Waals surface area (Å²) >= 11 is 0. The van der Waals surface area contributed by atoms with Gasteiger partial charge < -0.3 is 11.6 Å². The van der Waals surface area contributed by atoms with Crippen LogP contribution in [0.1, 0.15) is 47.9 Å². The number of carbonyl (C=O) groups is 2. The van der Waals surface area contributed by atoms with Crippen LogP contribution in [0.15, 0.2) is 0 Å². The van der Waals surface area contributed by atoms with Crippen molar-refractivity contribution in [1.29, 1.82) is 0 Å². The van der Waals surface area contributed by atoms with Crippen molar-refractivity contribution in [2.24, 2.45) is 11.3 Å². The Balaban J connectivity index is -0.000000980. The molecule has 0 aromatic carbocycles. The Morgan fingerprint density at radius 2 is 1.62 bits per heavy atom. The summed E-state index contributed by atoms with van der Waals surface area (Å²) in [6, 6.07) is 0. The fourth-order valence-corrected chi connectivity index (χ4v) is 1.74. The van der Waals surface area contributed by atoms with Gasteiger partial charge in [0.1, 0.15) is 0 Å². The van der Waals surface area contributed by atoms with Gasteiger partial charge in [-0.2, -0.15) is 0 Å². The first kappa shape index (κ1) is 17.9. The topological polar surface area (TPSA) is 74.6 Å². The van der Waals surface area contributed by atoms with Crippen LogP contribution in [0.3, 0.4) is 0 Å². The van der Waals surface area contributed by atoms with Crippen LogP contribution < -0.4 is 18.9 Å². The normalized spacial score (nSPS) is 11.0. The molecule has 0 rings (SSSR count). The third-order valence-electron chi connectivity index (χ3n) is 2.92. The van der Waals surface area contributed by atoms with Crippen LogP contribution in [-0.4, -0.2) is 22.2 Å². The fraction of sp³-hybridized carbons (Fsp3) is 0.818. The maximum absolute atomic E-state index is 11.1. The fourth-order valence-electron chi connectivity index (χ4n) is 1.74. The zero-order valence-electron chi connectivity index (χ0n) is 11.6. The summed E-state index contributed by atoms with van der Waals surface area (Å²) in [7, 11) is 0. The molecule has 2 N–H and O–H groups in total. The Kier molecular flexibility index (Phi) is 8.68. The first-order chi connectivity index (χ1) is 6.89. The molecule has 0 fully saturated rings. The van der Waals surface area contributed by atoms with E-state index in [1.165, 1.54) is 0 Å². The van der Waals surface area contributed by atoms with Gasteiger partial charge in [-0.25, -0.2) is 0 Å². The zero-order valence-corrected chi connectivity index (χ0v) is 10.6. The standard InChI is InChI=1S/C11H20O4.Li.H/c1-4-5-6-7-11(8(2)3,9(12)13)10(14)15;;/h8H,4-7H2,1-3H3,(H,12,13)(H,14,15);;/q;+1;-1. The summed E-state index contributed by atoms with van der Waals surface area (Å²) in [4.78, 5) is 22.2. The Morgan fingerprint density at radius 1 is 1.19 bits per heavy atom. The van der Waals surface area contributed by atoms with Gasteiger partial charge in [0.2, 0.25) is 0 Å². The molecule has 0 saturated heterocycles. The van der Waals surface area contributed by atoms with Crippen molar-refractivity contribution in [3.8, 4) is 0 Å². The molecule has 0 radical (unpaired) electrons. The molecule has 0 aliphatic carbocycles. The molecule has 0 bridgehead atoms. The molecule has 0 aliphatic rings. The SMILES string of the molecule is CCCCCC(C(=O)O)(C(=O)O)C(C)C.[H-].[Li+]. The Morgan fingerprint density at radius 3 is 1.88 bits per heavy atom. The van der Waals surface area contributed by atoms with E-state index in [4.69, 9.17) is 10.2 Å². The number of hydrogen-bond donors (Lipinski definition) is 2. The van der Waals surface area contributed by atoms with Gasteiger partial charge in [0, 0.05) is 0 Å². The monoisotopic (exact) mass is 224 g/mol. The molecule has 0 atom stereocenters. The van der Waals surface area contributed by atoms with Crippen LogP contribution in [0, 0.1) is 11.3 Å². The molecule has 4 nitrogen and oxygen atoms in total. The predicted molar refractivity (Wildman–Crippen MR) is 57.8 cm³/mol. The average Bonchev–Trinajstić information content (AvgIpc) is 2.10. The molecule has 5 heteroatoms. The molecule has 0 heterocycles. The Labute approximate surface area is 110 Å². The number of carboxylic acids is 2. The zero-order chi connectivity index (χ0) is 12.1. The van der Waals surface area contributed by atoms with Crippen LogP contribution in [0.2, 0.25) is 0 Å². The van der Waals surface area contributed by atoms with Gasteiger partial charge in [-0.15, -0.1) is 0 Å². The number of unbranched alkanes of at least 4 members (excludes halogenated alkanes) is 2. The average molecular weight is 224 g/mol. The van der Waals surface area contributed by atoms with Crippen molar-refractivity contribution in [3.63, 3.8) is 0 Å². The largest absolute Gasteiger partial charge is 1.00 e. The van der Waals surface area contributed by atoms with E-state index >= 15 is 0 Å². The van der Waals surface area contributed by atoms with Crippen molar-refractivity contribution in [1.82, 2.24) is 0 Å². The first-order valence-electron chi connectivity index (χ1n) is 5.36. The minimum absolute atomic E-state index is 0. The summed E-state index contributed by atoms with van der Waals surface area (Å²) in [5.74, 6) is -2.84. The molecule has 0 aromatic heterocycles. The maximum atomic E-state index is 11.1. The number of aliphatic carboxylic acids is 2. The van der Waals surface area contributed by atoms with Crippen LogP contribution in [0.25, 0.3) is 0 Å². The third-order valence-corrected chi connectivity index (χ3v) is 2.92. The van der Waals surface area contributed by atoms with E-state index in [1.807, 2.05) is 6.92 Å². The van der Waals surface area contributed by atoms with Crippen LogP contribution >= 0.6 is 0 Å². The number of hydrogen-bond acceptors (Lipinski definition) is 2. The smallest absolute Gasteiger partial charge is 1.00 e. The third kappa shape index (κ3) is 3.84. The van der Waals surface area contributed by atoms with Gasteiger partial charge in [-0.3, -0.25) is 9.59 Å². The quantitative estimate of drug-likeness (QED) is 0.347. The van der Waals surface area contributed by atoms with E-state index in [2.05, 4.69) is 0 Å². The second-order valence-electron chi connectivity index (χ2n) is 4.19. The maximum Gasteiger partial charge on any atom is 1.00 e. The van der Waals surface area contributed by atoms with Crippen molar-refractivity contribution in [2.45, 2.75) is 46.5 Å². The first-order valence-corrected chi connectivity index (χ1v) is 5.36. The molecule has 0 aliphatic heterocycles. The minimum atomic E-state index is -1.62. The summed E-state index contributed by atoms with van der Waals surface area (Å²) in [6.07, 6.45) is 2.68. The second-order valence-corrected chi connectivity index (χ2v) is 4.19. The van der Waals surface area contributed by atoms with E-state index in [-0.39, 0.29) is 26.7 Å². The second kappa shape index (κ2) is 7.75. The molecule has 0 aromatic rings. The van der Waals surface area contributed by atoms with E-state index in [0.717, 1.165) is 12.8 Å². The Bertz CT molecular complexity index is 230. The molecule has 16 heavy (non-hydrogen) atoms. The molecular weight excluding hydrogens is 203 g/mol. The summed E-state index contributed by atoms with van der Waals surface area (Å²) in [5, 5.41) is 18.2. The van der Waals surface area contributed by atoms with Crippen molar-refractivity contribution in [3.05, 3.63) is 0 Å². The number of rotatable bonds is 7. The molecule has 0 amide bonds. The van der Waals surface area contributed by atoms with E-state index in [1.54, 1.807) is 13.8 Å². The van der Waals surface area contributed by atoms with E-state index in [9.17, 15) is 9.59 Å². The van der Waals surface area contributed by atoms with Gasteiger partial charge in [0.05, 0.1) is 0 Å². The number of carboxylic acid groups (broad SMARTS) is 2. The molecule has 90 valence electrons. The summed E-state index contributed by atoms with van der Waals surface area (Å²) in [6.45, 7) is 5.29. The van der Waals surface area contributed by atoms with Gasteiger partial charge in [0.15, 0.2) is 5.41 Å². The van der Waals surface area contributed by atoms with E-state index < -0.39 is 23.3 Å². The van der Waals surface area contributed by atoms with Crippen molar-refractivity contribution in [2.75, 3.05) is 0 Å². The van der Waals surface area contributed by atoms with Crippen LogP contribution in [0.5, 0.6) is 0 Å². The van der Waals surface area contributed by atoms with Crippen molar-refractivity contribution < 1.29 is 40.1 Å². The van der Waals surface area contributed by atoms with Gasteiger partial charge in [-0.1, -0.05) is 40.0 Å². The van der Waals surface area contributed by atoms with Gasteiger partial charge in [-0.05, 0) is 12.3 Å². The van der Waals surface area contributed by atoms with Gasteiger partial charge >= 0.3 is 30.8 Å². The summed E-state index contributed by atoms with van der Waals surface area (Å²) in [5.41, 5.74) is -1.62.